The molecule has 1 atom stereocenters. The van der Waals surface area contributed by atoms with E-state index in [1.807, 2.05) is 0 Å². The third-order valence-corrected chi connectivity index (χ3v) is 4.13. The van der Waals surface area contributed by atoms with Crippen LogP contribution >= 0.6 is 11.8 Å². The van der Waals surface area contributed by atoms with Crippen LogP contribution in [0.15, 0.2) is 0 Å². The molecule has 0 amide bonds. The lowest BCUT2D eigenvalue weighted by Crippen LogP contribution is -2.40. The summed E-state index contributed by atoms with van der Waals surface area (Å²) in [7, 11) is -1.78. The van der Waals surface area contributed by atoms with Gasteiger partial charge in [-0.3, -0.25) is 0 Å². The highest BCUT2D eigenvalue weighted by atomic mass is 32.3. The Morgan fingerprint density at radius 3 is 2.60 bits per heavy atom. The molecule has 0 radical (unpaired) electrons. The molecule has 0 aromatic heterocycles. The van der Waals surface area contributed by atoms with Gasteiger partial charge in [-0.2, -0.15) is 0 Å². The summed E-state index contributed by atoms with van der Waals surface area (Å²) in [5.74, 6) is 0.595. The highest BCUT2D eigenvalue weighted by Gasteiger charge is 2.30. The summed E-state index contributed by atoms with van der Waals surface area (Å²) in [4.78, 5) is 0. The van der Waals surface area contributed by atoms with Crippen LogP contribution in [0.2, 0.25) is 0 Å². The molecule has 0 aliphatic carbocycles. The van der Waals surface area contributed by atoms with Crippen LogP contribution in [0.25, 0.3) is 0 Å². The van der Waals surface area contributed by atoms with Gasteiger partial charge in [-0.1, -0.05) is 0 Å². The molecular formula is C3H9N3O2S2. The van der Waals surface area contributed by atoms with Gasteiger partial charge >= 0.3 is 0 Å². The Hall–Kier alpha value is 0.180. The Balaban J connectivity index is 2.74. The van der Waals surface area contributed by atoms with Crippen LogP contribution < -0.4 is 10.6 Å². The molecule has 1 aliphatic heterocycles. The highest BCUT2D eigenvalue weighted by Crippen LogP contribution is 2.20. The van der Waals surface area contributed by atoms with Gasteiger partial charge in [0.25, 0.3) is 0 Å². The molecule has 3 N–H and O–H groups in total. The number of sulfonamides is 1. The number of nitrogens with zero attached hydrogens (tertiary/aromatic N) is 1. The summed E-state index contributed by atoms with van der Waals surface area (Å²) >= 11 is 1.26. The number of rotatable bonds is 1. The summed E-state index contributed by atoms with van der Waals surface area (Å²) in [6, 6.07) is 0. The van der Waals surface area contributed by atoms with Crippen molar-refractivity contribution >= 4 is 21.8 Å². The fraction of sp³-hybridized carbons (Fsp3) is 1.00. The minimum atomic E-state index is -3.43. The fourth-order valence-electron chi connectivity index (χ4n) is 0.712. The molecule has 0 aromatic carbocycles. The molecule has 0 aromatic rings. The van der Waals surface area contributed by atoms with E-state index in [1.165, 1.54) is 16.8 Å². The van der Waals surface area contributed by atoms with Crippen molar-refractivity contribution in [1.82, 2.24) is 10.4 Å². The van der Waals surface area contributed by atoms with Gasteiger partial charge in [0.15, 0.2) is 4.71 Å². The monoisotopic (exact) mass is 183 g/mol. The van der Waals surface area contributed by atoms with Gasteiger partial charge < -0.3 is 0 Å². The Labute approximate surface area is 64.0 Å². The molecule has 1 saturated heterocycles. The number of hydrogen-bond donors (Lipinski definition) is 2. The Kier molecular flexibility index (Phi) is 2.21. The zero-order valence-electron chi connectivity index (χ0n) is 5.44. The van der Waals surface area contributed by atoms with Crippen LogP contribution in [0, 0.1) is 0 Å². The van der Waals surface area contributed by atoms with E-state index in [-0.39, 0.29) is 0 Å². The molecule has 0 spiro atoms. The maximum Gasteiger partial charge on any atom is 0.236 e. The fourth-order valence-corrected chi connectivity index (χ4v) is 2.91. The molecule has 0 saturated carbocycles. The van der Waals surface area contributed by atoms with Crippen molar-refractivity contribution in [3.63, 3.8) is 0 Å². The van der Waals surface area contributed by atoms with E-state index in [0.717, 1.165) is 0 Å². The third-order valence-electron chi connectivity index (χ3n) is 1.14. The number of thioether (sulfide) groups is 1. The molecule has 0 bridgehead atoms. The molecule has 1 rings (SSSR count). The standard InChI is InChI=1S/C3H9N3O2S2/c1-6-3(9-2-5-6)10(4,7)8/h3,5H,2H2,1H3,(H2,4,7,8). The normalized spacial score (nSPS) is 29.2. The number of primary sulfonamides is 1. The molecule has 7 heteroatoms. The zero-order valence-corrected chi connectivity index (χ0v) is 7.08. The summed E-state index contributed by atoms with van der Waals surface area (Å²) in [5, 5.41) is 6.39. The molecule has 1 aliphatic rings. The minimum Gasteiger partial charge on any atom is -0.243 e. The number of nitrogens with two attached hydrogens (primary N) is 1. The molecule has 1 unspecified atom stereocenters. The quantitative estimate of drug-likeness (QED) is 0.528. The maximum absolute atomic E-state index is 10.7. The second kappa shape index (κ2) is 2.67. The minimum absolute atomic E-state index is 0.595. The van der Waals surface area contributed by atoms with Crippen LogP contribution in [0.4, 0.5) is 0 Å². The van der Waals surface area contributed by atoms with E-state index in [0.29, 0.717) is 5.88 Å². The van der Waals surface area contributed by atoms with Gasteiger partial charge in [0.1, 0.15) is 0 Å². The van der Waals surface area contributed by atoms with Gasteiger partial charge in [-0.05, 0) is 0 Å². The van der Waals surface area contributed by atoms with E-state index in [1.54, 1.807) is 7.05 Å². The SMILES string of the molecule is CN1NCSC1S(N)(=O)=O. The third kappa shape index (κ3) is 1.61. The Morgan fingerprint density at radius 2 is 2.40 bits per heavy atom. The van der Waals surface area contributed by atoms with Gasteiger partial charge in [0.2, 0.25) is 10.0 Å². The van der Waals surface area contributed by atoms with Gasteiger partial charge in [0, 0.05) is 7.05 Å². The van der Waals surface area contributed by atoms with Crippen LogP contribution in [-0.2, 0) is 10.0 Å². The van der Waals surface area contributed by atoms with E-state index < -0.39 is 14.7 Å². The van der Waals surface area contributed by atoms with E-state index in [4.69, 9.17) is 5.14 Å². The first-order valence-electron chi connectivity index (χ1n) is 2.61. The maximum atomic E-state index is 10.7. The molecule has 10 heavy (non-hydrogen) atoms. The average molecular weight is 183 g/mol. The predicted molar refractivity (Wildman–Crippen MR) is 40.3 cm³/mol. The molecular weight excluding hydrogens is 174 g/mol. The number of nitrogens with one attached hydrogen (secondary N) is 1. The van der Waals surface area contributed by atoms with Gasteiger partial charge in [-0.15, -0.1) is 11.8 Å². The van der Waals surface area contributed by atoms with Crippen LogP contribution in [-0.4, -0.2) is 31.1 Å². The first kappa shape index (κ1) is 8.28. The van der Waals surface area contributed by atoms with Crippen LogP contribution in [0.3, 0.4) is 0 Å². The van der Waals surface area contributed by atoms with E-state index in [9.17, 15) is 8.42 Å². The largest absolute Gasteiger partial charge is 0.243 e. The van der Waals surface area contributed by atoms with Crippen molar-refractivity contribution in [2.24, 2.45) is 5.14 Å². The second-order valence-corrected chi connectivity index (χ2v) is 4.97. The molecule has 1 fully saturated rings. The second-order valence-electron chi connectivity index (χ2n) is 1.98. The van der Waals surface area contributed by atoms with Crippen LogP contribution in [0.1, 0.15) is 0 Å². The summed E-state index contributed by atoms with van der Waals surface area (Å²) in [5.41, 5.74) is 2.81. The topological polar surface area (TPSA) is 75.4 Å². The van der Waals surface area contributed by atoms with Gasteiger partial charge in [0.05, 0.1) is 5.88 Å². The van der Waals surface area contributed by atoms with Crippen LogP contribution in [0.5, 0.6) is 0 Å². The molecule has 1 heterocycles. The molecule has 60 valence electrons. The molecule has 5 nitrogen and oxygen atoms in total. The van der Waals surface area contributed by atoms with Crippen molar-refractivity contribution in [2.45, 2.75) is 4.71 Å². The summed E-state index contributed by atoms with van der Waals surface area (Å²) in [6.45, 7) is 0. The summed E-state index contributed by atoms with van der Waals surface area (Å²) in [6.07, 6.45) is 0. The van der Waals surface area contributed by atoms with Crippen molar-refractivity contribution in [3.05, 3.63) is 0 Å². The Morgan fingerprint density at radius 1 is 1.80 bits per heavy atom. The van der Waals surface area contributed by atoms with E-state index in [2.05, 4.69) is 5.43 Å². The Bertz CT molecular complexity index is 214. The average Bonchev–Trinajstić information content (AvgIpc) is 2.11. The summed E-state index contributed by atoms with van der Waals surface area (Å²) < 4.78 is 20.8. The first-order valence-corrected chi connectivity index (χ1v) is 5.27. The smallest absolute Gasteiger partial charge is 0.236 e. The van der Waals surface area contributed by atoms with Crippen molar-refractivity contribution in [2.75, 3.05) is 12.9 Å². The lowest BCUT2D eigenvalue weighted by molar-refractivity contribution is 0.296. The van der Waals surface area contributed by atoms with E-state index >= 15 is 0 Å². The highest BCUT2D eigenvalue weighted by molar-refractivity contribution is 8.12. The van der Waals surface area contributed by atoms with Crippen molar-refractivity contribution in [1.29, 1.82) is 0 Å². The number of hydrazine groups is 1. The van der Waals surface area contributed by atoms with Gasteiger partial charge in [-0.25, -0.2) is 24.0 Å². The zero-order chi connectivity index (χ0) is 7.78. The van der Waals surface area contributed by atoms with Crippen molar-refractivity contribution in [3.8, 4) is 0 Å². The predicted octanol–water partition coefficient (Wildman–Crippen LogP) is -1.30. The lowest BCUT2D eigenvalue weighted by atomic mass is 11.1. The lowest BCUT2D eigenvalue weighted by Gasteiger charge is -2.14. The number of hydrogen-bond acceptors (Lipinski definition) is 5. The van der Waals surface area contributed by atoms with Crippen molar-refractivity contribution < 1.29 is 8.42 Å². The first-order chi connectivity index (χ1) is 4.52.